The van der Waals surface area contributed by atoms with Crippen molar-refractivity contribution in [1.82, 2.24) is 24.5 Å². The minimum atomic E-state index is -4.72. The van der Waals surface area contributed by atoms with Crippen LogP contribution >= 0.6 is 34.8 Å². The molecule has 0 aliphatic heterocycles. The van der Waals surface area contributed by atoms with Gasteiger partial charge in [-0.15, -0.1) is 5.10 Å². The number of alkyl halides is 3. The molecule has 2 aromatic heterocycles. The Hall–Kier alpha value is -2.30. The number of nitrogens with one attached hydrogen (secondary N) is 1. The lowest BCUT2D eigenvalue weighted by Crippen LogP contribution is -2.26. The number of benzene rings is 1. The normalized spacial score (nSPS) is 15.1. The number of halogens is 6. The van der Waals surface area contributed by atoms with E-state index in [1.165, 1.54) is 17.9 Å². The van der Waals surface area contributed by atoms with E-state index in [2.05, 4.69) is 20.5 Å². The van der Waals surface area contributed by atoms with Gasteiger partial charge in [-0.2, -0.15) is 18.3 Å². The van der Waals surface area contributed by atoms with Gasteiger partial charge in [0.2, 0.25) is 5.95 Å². The van der Waals surface area contributed by atoms with Gasteiger partial charge in [0.1, 0.15) is 12.4 Å². The second kappa shape index (κ2) is 8.57. The zero-order valence-electron chi connectivity index (χ0n) is 16.5. The first kappa shape index (κ1) is 22.9. The van der Waals surface area contributed by atoms with E-state index in [4.69, 9.17) is 34.8 Å². The molecule has 1 aliphatic rings. The first-order valence-electron chi connectivity index (χ1n) is 9.54. The van der Waals surface area contributed by atoms with Crippen LogP contribution in [0.5, 0.6) is 0 Å². The second-order valence-corrected chi connectivity index (χ2v) is 8.65. The number of amides is 1. The lowest BCUT2D eigenvalue weighted by molar-refractivity contribution is -0.141. The predicted octanol–water partition coefficient (Wildman–Crippen LogP) is 5.58. The SMILES string of the molecule is CC(C(=O)Nc1ncn(Cc2ccc(Cl)cc2Cl)n1)n1nc(C(F)(F)F)c(Cl)c1C1CC1. The standard InChI is InChI=1S/C19H16Cl3F3N6O/c1-9(31-15(10-2-3-10)14(22)16(28-31)19(23,24)25)17(32)27-18-26-8-30(29-18)7-11-4-5-12(20)6-13(11)21/h4-6,8-10H,2-3,7H2,1H3,(H,27,29,32). The van der Waals surface area contributed by atoms with Crippen LogP contribution in [0.4, 0.5) is 19.1 Å². The zero-order chi connectivity index (χ0) is 23.2. The summed E-state index contributed by atoms with van der Waals surface area (Å²) in [7, 11) is 0. The largest absolute Gasteiger partial charge is 0.436 e. The van der Waals surface area contributed by atoms with Crippen molar-refractivity contribution < 1.29 is 18.0 Å². The number of carbonyl (C=O) groups is 1. The fraction of sp³-hybridized carbons (Fsp3) is 0.368. The zero-order valence-corrected chi connectivity index (χ0v) is 18.8. The number of rotatable bonds is 6. The minimum Gasteiger partial charge on any atom is -0.291 e. The average Bonchev–Trinajstić information content (AvgIpc) is 3.34. The quantitative estimate of drug-likeness (QED) is 0.473. The summed E-state index contributed by atoms with van der Waals surface area (Å²) in [6.45, 7) is 1.72. The Balaban J connectivity index is 1.50. The van der Waals surface area contributed by atoms with Crippen LogP contribution in [0.3, 0.4) is 0 Å². The smallest absolute Gasteiger partial charge is 0.291 e. The molecule has 1 aliphatic carbocycles. The number of nitrogens with zero attached hydrogens (tertiary/aromatic N) is 5. The van der Waals surface area contributed by atoms with Gasteiger partial charge >= 0.3 is 6.18 Å². The van der Waals surface area contributed by atoms with Crippen molar-refractivity contribution in [3.63, 3.8) is 0 Å². The Morgan fingerprint density at radius 3 is 2.59 bits per heavy atom. The van der Waals surface area contributed by atoms with Crippen LogP contribution in [0.1, 0.15) is 48.7 Å². The monoisotopic (exact) mass is 506 g/mol. The molecule has 4 rings (SSSR count). The Morgan fingerprint density at radius 2 is 1.97 bits per heavy atom. The summed E-state index contributed by atoms with van der Waals surface area (Å²) in [5, 5.41) is 10.8. The van der Waals surface area contributed by atoms with E-state index < -0.39 is 28.8 Å². The van der Waals surface area contributed by atoms with Crippen molar-refractivity contribution in [1.29, 1.82) is 0 Å². The molecule has 0 bridgehead atoms. The molecule has 32 heavy (non-hydrogen) atoms. The summed E-state index contributed by atoms with van der Waals surface area (Å²) in [5.41, 5.74) is -0.229. The highest BCUT2D eigenvalue weighted by atomic mass is 35.5. The molecule has 1 atom stereocenters. The van der Waals surface area contributed by atoms with Gasteiger partial charge in [0.25, 0.3) is 5.91 Å². The van der Waals surface area contributed by atoms with E-state index in [0.29, 0.717) is 22.9 Å². The van der Waals surface area contributed by atoms with Gasteiger partial charge in [0, 0.05) is 16.0 Å². The van der Waals surface area contributed by atoms with Gasteiger partial charge in [-0.25, -0.2) is 9.67 Å². The molecule has 3 aromatic rings. The second-order valence-electron chi connectivity index (χ2n) is 7.43. The summed E-state index contributed by atoms with van der Waals surface area (Å²) >= 11 is 18.0. The number of aromatic nitrogens is 5. The lowest BCUT2D eigenvalue weighted by atomic mass is 10.2. The van der Waals surface area contributed by atoms with Gasteiger partial charge in [0.05, 0.1) is 17.3 Å². The summed E-state index contributed by atoms with van der Waals surface area (Å²) in [4.78, 5) is 16.7. The molecule has 0 radical (unpaired) electrons. The van der Waals surface area contributed by atoms with Crippen LogP contribution in [-0.2, 0) is 17.5 Å². The van der Waals surface area contributed by atoms with Crippen molar-refractivity contribution in [2.24, 2.45) is 0 Å². The Morgan fingerprint density at radius 1 is 1.25 bits per heavy atom. The molecule has 2 heterocycles. The van der Waals surface area contributed by atoms with Crippen LogP contribution in [0.25, 0.3) is 0 Å². The van der Waals surface area contributed by atoms with Gasteiger partial charge in [-0.05, 0) is 37.5 Å². The molecule has 170 valence electrons. The highest BCUT2D eigenvalue weighted by molar-refractivity contribution is 6.35. The van der Waals surface area contributed by atoms with E-state index >= 15 is 0 Å². The molecule has 1 amide bonds. The predicted molar refractivity (Wildman–Crippen MR) is 113 cm³/mol. The molecule has 13 heteroatoms. The molecular weight excluding hydrogens is 492 g/mol. The molecule has 1 fully saturated rings. The fourth-order valence-electron chi connectivity index (χ4n) is 3.21. The molecule has 0 spiro atoms. The average molecular weight is 508 g/mol. The number of anilines is 1. The maximum absolute atomic E-state index is 13.3. The highest BCUT2D eigenvalue weighted by Gasteiger charge is 2.43. The van der Waals surface area contributed by atoms with Crippen molar-refractivity contribution in [3.05, 3.63) is 56.5 Å². The van der Waals surface area contributed by atoms with Crippen LogP contribution < -0.4 is 5.32 Å². The van der Waals surface area contributed by atoms with Crippen LogP contribution in [-0.4, -0.2) is 30.5 Å². The van der Waals surface area contributed by atoms with E-state index in [9.17, 15) is 18.0 Å². The molecular formula is C19H16Cl3F3N6O. The van der Waals surface area contributed by atoms with Crippen molar-refractivity contribution in [2.45, 2.75) is 44.4 Å². The molecule has 1 unspecified atom stereocenters. The van der Waals surface area contributed by atoms with Gasteiger partial charge < -0.3 is 0 Å². The molecule has 1 saturated carbocycles. The van der Waals surface area contributed by atoms with Crippen LogP contribution in [0, 0.1) is 0 Å². The van der Waals surface area contributed by atoms with Crippen LogP contribution in [0.2, 0.25) is 15.1 Å². The molecule has 0 saturated heterocycles. The van der Waals surface area contributed by atoms with E-state index in [1.807, 2.05) is 0 Å². The van der Waals surface area contributed by atoms with Gasteiger partial charge in [0.15, 0.2) is 5.69 Å². The maximum atomic E-state index is 13.3. The number of hydrogen-bond acceptors (Lipinski definition) is 4. The van der Waals surface area contributed by atoms with Crippen molar-refractivity contribution >= 4 is 46.7 Å². The summed E-state index contributed by atoms with van der Waals surface area (Å²) in [6, 6.07) is 3.97. The number of carbonyl (C=O) groups excluding carboxylic acids is 1. The van der Waals surface area contributed by atoms with E-state index in [1.54, 1.807) is 18.2 Å². The van der Waals surface area contributed by atoms with E-state index in [0.717, 1.165) is 10.2 Å². The lowest BCUT2D eigenvalue weighted by Gasteiger charge is -2.14. The first-order chi connectivity index (χ1) is 15.0. The first-order valence-corrected chi connectivity index (χ1v) is 10.7. The maximum Gasteiger partial charge on any atom is 0.436 e. The number of hydrogen-bond donors (Lipinski definition) is 1. The van der Waals surface area contributed by atoms with E-state index in [-0.39, 0.29) is 24.1 Å². The fourth-order valence-corrected chi connectivity index (χ4v) is 4.06. The Labute approximate surface area is 195 Å². The topological polar surface area (TPSA) is 77.6 Å². The Kier molecular flexibility index (Phi) is 6.12. The van der Waals surface area contributed by atoms with Crippen molar-refractivity contribution in [2.75, 3.05) is 5.32 Å². The molecule has 1 aromatic carbocycles. The summed E-state index contributed by atoms with van der Waals surface area (Å²) in [6.07, 6.45) is -1.94. The van der Waals surface area contributed by atoms with Crippen molar-refractivity contribution in [3.8, 4) is 0 Å². The third-order valence-electron chi connectivity index (χ3n) is 4.99. The van der Waals surface area contributed by atoms with Crippen LogP contribution in [0.15, 0.2) is 24.5 Å². The van der Waals surface area contributed by atoms with Gasteiger partial charge in [-0.3, -0.25) is 14.8 Å². The highest BCUT2D eigenvalue weighted by Crippen LogP contribution is 2.47. The minimum absolute atomic E-state index is 0.00536. The molecule has 7 nitrogen and oxygen atoms in total. The third kappa shape index (κ3) is 4.72. The third-order valence-corrected chi connectivity index (χ3v) is 5.94. The summed E-state index contributed by atoms with van der Waals surface area (Å²) in [5.74, 6) is -0.779. The Bertz CT molecular complexity index is 1170. The summed E-state index contributed by atoms with van der Waals surface area (Å²) < 4.78 is 42.3. The van der Waals surface area contributed by atoms with Gasteiger partial charge in [-0.1, -0.05) is 40.9 Å². The molecule has 1 N–H and O–H groups in total.